The highest BCUT2D eigenvalue weighted by Gasteiger charge is 2.28. The third kappa shape index (κ3) is 8.02. The number of nitrogen functional groups attached to an aromatic ring is 2. The summed E-state index contributed by atoms with van der Waals surface area (Å²) in [5, 5.41) is 35.0. The molecule has 0 saturated heterocycles. The molecule has 10 N–H and O–H groups in total. The molecule has 1 unspecified atom stereocenters. The number of benzene rings is 1. The number of carbonyl (C=O) groups excluding carboxylic acids is 2. The summed E-state index contributed by atoms with van der Waals surface area (Å²) in [5.41, 5.74) is 13.7. The number of nitrogens with two attached hydrogens (primary N) is 2. The molecule has 15 heteroatoms. The van der Waals surface area contributed by atoms with Gasteiger partial charge in [0.05, 0.1) is 0 Å². The number of rotatable bonds is 14. The van der Waals surface area contributed by atoms with E-state index in [1.165, 1.54) is 0 Å². The van der Waals surface area contributed by atoms with Crippen molar-refractivity contribution in [2.75, 3.05) is 23.3 Å². The van der Waals surface area contributed by atoms with Crippen molar-refractivity contribution in [3.05, 3.63) is 41.0 Å². The molecule has 0 aliphatic carbocycles. The second-order valence-electron chi connectivity index (χ2n) is 9.34. The Morgan fingerprint density at radius 1 is 0.925 bits per heavy atom. The van der Waals surface area contributed by atoms with E-state index in [2.05, 4.69) is 25.9 Å². The van der Waals surface area contributed by atoms with Crippen molar-refractivity contribution in [1.29, 1.82) is 0 Å². The number of aliphatic carboxylic acids is 3. The van der Waals surface area contributed by atoms with Crippen LogP contribution in [0.3, 0.4) is 0 Å². The largest absolute Gasteiger partial charge is 0.481 e. The standard InChI is InChI=1S/C25H31N7O8/c26-20-19-14(11-28-21(19)32-25(27)31-20)6-3-12-1-4-13(5-2-12)22(36)30-16(24(39)40)7-9-17(33)29-15(23(37)38)8-10-18(34)35/h1-2,4-5,14-16H,3,6-11H2,(H,29,33)(H,30,36)(H,34,35)(H,37,38)(H,39,40)(H5,26,27,28,31,32)/t14?,15-,16-/m0/s1. The molecule has 1 aromatic heterocycles. The summed E-state index contributed by atoms with van der Waals surface area (Å²) in [6.45, 7) is 0.645. The fourth-order valence-electron chi connectivity index (χ4n) is 4.34. The minimum absolute atomic E-state index is 0.0926. The molecule has 1 aliphatic rings. The Balaban J connectivity index is 1.51. The maximum Gasteiger partial charge on any atom is 0.326 e. The lowest BCUT2D eigenvalue weighted by molar-refractivity contribution is -0.143. The van der Waals surface area contributed by atoms with Gasteiger partial charge in [0, 0.05) is 36.4 Å². The lowest BCUT2D eigenvalue weighted by Gasteiger charge is -2.17. The van der Waals surface area contributed by atoms with Crippen molar-refractivity contribution in [2.45, 2.75) is 56.5 Å². The minimum atomic E-state index is -1.43. The lowest BCUT2D eigenvalue weighted by Crippen LogP contribution is -2.44. The van der Waals surface area contributed by atoms with E-state index in [0.29, 0.717) is 24.6 Å². The van der Waals surface area contributed by atoms with Crippen LogP contribution in [0.25, 0.3) is 0 Å². The number of hydrogen-bond donors (Lipinski definition) is 8. The molecule has 1 aromatic carbocycles. The van der Waals surface area contributed by atoms with Gasteiger partial charge >= 0.3 is 17.9 Å². The van der Waals surface area contributed by atoms with Gasteiger partial charge in [-0.15, -0.1) is 0 Å². The number of carboxylic acid groups (broad SMARTS) is 3. The summed E-state index contributed by atoms with van der Waals surface area (Å²) in [7, 11) is 0. The SMILES string of the molecule is Nc1nc(N)c2c(n1)NCC2CCc1ccc(C(=O)N[C@@H](CCC(=O)N[C@@H](CCC(=O)O)C(=O)O)C(=O)O)cc1. The van der Waals surface area contributed by atoms with Crippen LogP contribution < -0.4 is 27.4 Å². The van der Waals surface area contributed by atoms with Gasteiger partial charge < -0.3 is 42.7 Å². The predicted octanol–water partition coefficient (Wildman–Crippen LogP) is 0.180. The number of aromatic nitrogens is 2. The third-order valence-corrected chi connectivity index (χ3v) is 6.46. The van der Waals surface area contributed by atoms with Crippen molar-refractivity contribution < 1.29 is 39.3 Å². The molecule has 2 aromatic rings. The first kappa shape index (κ1) is 29.6. The monoisotopic (exact) mass is 557 g/mol. The summed E-state index contributed by atoms with van der Waals surface area (Å²) < 4.78 is 0. The van der Waals surface area contributed by atoms with Crippen molar-refractivity contribution in [3.63, 3.8) is 0 Å². The van der Waals surface area contributed by atoms with Gasteiger partial charge in [0.2, 0.25) is 11.9 Å². The number of amides is 2. The Morgan fingerprint density at radius 3 is 2.17 bits per heavy atom. The van der Waals surface area contributed by atoms with Gasteiger partial charge in [0.1, 0.15) is 23.7 Å². The van der Waals surface area contributed by atoms with Crippen LogP contribution in [0.2, 0.25) is 0 Å². The zero-order chi connectivity index (χ0) is 29.4. The summed E-state index contributed by atoms with van der Waals surface area (Å²) >= 11 is 0. The van der Waals surface area contributed by atoms with E-state index in [1.807, 2.05) is 0 Å². The van der Waals surface area contributed by atoms with Crippen molar-refractivity contribution >= 4 is 47.3 Å². The fourth-order valence-corrected chi connectivity index (χ4v) is 4.34. The van der Waals surface area contributed by atoms with Gasteiger partial charge in [-0.1, -0.05) is 12.1 Å². The number of fused-ring (bicyclic) bond motifs is 1. The van der Waals surface area contributed by atoms with Crippen molar-refractivity contribution in [2.24, 2.45) is 0 Å². The second-order valence-corrected chi connectivity index (χ2v) is 9.34. The Hall–Kier alpha value is -4.95. The van der Waals surface area contributed by atoms with Crippen LogP contribution in [0.1, 0.15) is 59.5 Å². The molecule has 0 bridgehead atoms. The van der Waals surface area contributed by atoms with Crippen LogP contribution in [0.5, 0.6) is 0 Å². The van der Waals surface area contributed by atoms with Crippen LogP contribution in [-0.4, -0.2) is 73.6 Å². The van der Waals surface area contributed by atoms with Gasteiger partial charge in [-0.05, 0) is 43.4 Å². The highest BCUT2D eigenvalue weighted by atomic mass is 16.4. The average Bonchev–Trinajstić information content (AvgIpc) is 3.30. The summed E-state index contributed by atoms with van der Waals surface area (Å²) in [4.78, 5) is 66.5. The van der Waals surface area contributed by atoms with E-state index in [0.717, 1.165) is 17.5 Å². The first-order chi connectivity index (χ1) is 18.9. The number of carboxylic acids is 3. The molecule has 2 amide bonds. The number of carbonyl (C=O) groups is 5. The van der Waals surface area contributed by atoms with Crippen LogP contribution in [-0.2, 0) is 25.6 Å². The summed E-state index contributed by atoms with van der Waals surface area (Å²) in [5.74, 6) is -4.25. The molecule has 2 heterocycles. The Morgan fingerprint density at radius 2 is 1.55 bits per heavy atom. The lowest BCUT2D eigenvalue weighted by atomic mass is 9.95. The first-order valence-corrected chi connectivity index (χ1v) is 12.5. The van der Waals surface area contributed by atoms with Gasteiger partial charge in [-0.25, -0.2) is 9.59 Å². The average molecular weight is 558 g/mol. The normalized spacial score (nSPS) is 15.2. The Bertz CT molecular complexity index is 1280. The van der Waals surface area contributed by atoms with E-state index in [1.54, 1.807) is 24.3 Å². The minimum Gasteiger partial charge on any atom is -0.481 e. The highest BCUT2D eigenvalue weighted by molar-refractivity contribution is 5.96. The van der Waals surface area contributed by atoms with Gasteiger partial charge in [0.15, 0.2) is 0 Å². The van der Waals surface area contributed by atoms with E-state index in [-0.39, 0.29) is 30.3 Å². The van der Waals surface area contributed by atoms with Gasteiger partial charge in [-0.3, -0.25) is 14.4 Å². The Kier molecular flexibility index (Phi) is 9.78. The number of nitrogens with one attached hydrogen (secondary N) is 3. The molecular formula is C25H31N7O8. The van der Waals surface area contributed by atoms with E-state index < -0.39 is 54.6 Å². The molecule has 0 spiro atoms. The molecule has 214 valence electrons. The summed E-state index contributed by atoms with van der Waals surface area (Å²) in [6.07, 6.45) is -0.0674. The van der Waals surface area contributed by atoms with Gasteiger partial charge in [0.25, 0.3) is 5.91 Å². The molecule has 0 fully saturated rings. The zero-order valence-corrected chi connectivity index (χ0v) is 21.4. The third-order valence-electron chi connectivity index (χ3n) is 6.46. The van der Waals surface area contributed by atoms with Crippen LogP contribution in [0.15, 0.2) is 24.3 Å². The molecule has 15 nitrogen and oxygen atoms in total. The first-order valence-electron chi connectivity index (χ1n) is 12.5. The molecule has 0 radical (unpaired) electrons. The van der Waals surface area contributed by atoms with Crippen molar-refractivity contribution in [1.82, 2.24) is 20.6 Å². The zero-order valence-electron chi connectivity index (χ0n) is 21.4. The smallest absolute Gasteiger partial charge is 0.326 e. The topological polar surface area (TPSA) is 260 Å². The number of hydrogen-bond acceptors (Lipinski definition) is 10. The number of aryl methyl sites for hydroxylation is 1. The maximum absolute atomic E-state index is 12.6. The van der Waals surface area contributed by atoms with Crippen molar-refractivity contribution in [3.8, 4) is 0 Å². The molecular weight excluding hydrogens is 526 g/mol. The van der Waals surface area contributed by atoms with Crippen LogP contribution in [0, 0.1) is 0 Å². The molecule has 0 saturated carbocycles. The number of nitrogens with zero attached hydrogens (tertiary/aromatic N) is 2. The van der Waals surface area contributed by atoms with Gasteiger partial charge in [-0.2, -0.15) is 9.97 Å². The quantitative estimate of drug-likeness (QED) is 0.154. The second kappa shape index (κ2) is 13.2. The molecule has 1 aliphatic heterocycles. The molecule has 3 atom stereocenters. The van der Waals surface area contributed by atoms with Crippen LogP contribution in [0.4, 0.5) is 17.6 Å². The molecule has 40 heavy (non-hydrogen) atoms. The van der Waals surface area contributed by atoms with Crippen LogP contribution >= 0.6 is 0 Å². The maximum atomic E-state index is 12.6. The predicted molar refractivity (Wildman–Crippen MR) is 141 cm³/mol. The number of anilines is 3. The highest BCUT2D eigenvalue weighted by Crippen LogP contribution is 2.36. The summed E-state index contributed by atoms with van der Waals surface area (Å²) in [6, 6.07) is 3.81. The van der Waals surface area contributed by atoms with E-state index in [9.17, 15) is 29.1 Å². The van der Waals surface area contributed by atoms with E-state index >= 15 is 0 Å². The Labute approximate surface area is 228 Å². The fraction of sp³-hybridized carbons (Fsp3) is 0.400. The van der Waals surface area contributed by atoms with E-state index in [4.69, 9.17) is 21.7 Å². The molecule has 3 rings (SSSR count).